The van der Waals surface area contributed by atoms with Crippen LogP contribution >= 0.6 is 11.8 Å². The standard InChI is InChI=1S/C22H25N3O4S/c1-14(2)18-9-8-15(3)10-19(18)28-12-21-24-25-22(29-21)30-13-20(26)23-16-6-5-7-17(11-16)27-4/h5-11,14H,12-13H2,1-4H3,(H,23,26). The zero-order valence-electron chi connectivity index (χ0n) is 17.5. The van der Waals surface area contributed by atoms with Gasteiger partial charge >= 0.3 is 0 Å². The Morgan fingerprint density at radius 2 is 2.03 bits per heavy atom. The summed E-state index contributed by atoms with van der Waals surface area (Å²) < 4.78 is 16.6. The van der Waals surface area contributed by atoms with Crippen LogP contribution in [0, 0.1) is 6.92 Å². The lowest BCUT2D eigenvalue weighted by atomic mass is 10.0. The zero-order valence-corrected chi connectivity index (χ0v) is 18.3. The summed E-state index contributed by atoms with van der Waals surface area (Å²) in [6.45, 7) is 6.44. The van der Waals surface area contributed by atoms with Gasteiger partial charge in [0, 0.05) is 11.8 Å². The predicted octanol–water partition coefficient (Wildman–Crippen LogP) is 4.82. The highest BCUT2D eigenvalue weighted by Gasteiger charge is 2.13. The quantitative estimate of drug-likeness (QED) is 0.490. The Morgan fingerprint density at radius 3 is 2.80 bits per heavy atom. The SMILES string of the molecule is COc1cccc(NC(=O)CSc2nnc(COc3cc(C)ccc3C(C)C)o2)c1. The molecule has 1 heterocycles. The number of rotatable bonds is 9. The number of ether oxygens (including phenoxy) is 2. The Hall–Kier alpha value is -3.00. The number of carbonyl (C=O) groups excluding carboxylic acids is 1. The molecule has 0 aliphatic heterocycles. The maximum absolute atomic E-state index is 12.1. The molecule has 0 unspecified atom stereocenters. The van der Waals surface area contributed by atoms with Gasteiger partial charge < -0.3 is 19.2 Å². The minimum atomic E-state index is -0.175. The first-order valence-corrected chi connectivity index (χ1v) is 10.6. The first-order chi connectivity index (χ1) is 14.4. The Bertz CT molecular complexity index is 1000. The van der Waals surface area contributed by atoms with E-state index >= 15 is 0 Å². The van der Waals surface area contributed by atoms with Gasteiger partial charge in [0.2, 0.25) is 5.91 Å². The van der Waals surface area contributed by atoms with Gasteiger partial charge in [0.1, 0.15) is 11.5 Å². The van der Waals surface area contributed by atoms with Crippen molar-refractivity contribution in [3.8, 4) is 11.5 Å². The molecule has 0 aliphatic carbocycles. The Morgan fingerprint density at radius 1 is 1.20 bits per heavy atom. The van der Waals surface area contributed by atoms with Crippen LogP contribution in [0.3, 0.4) is 0 Å². The minimum Gasteiger partial charge on any atom is -0.497 e. The molecular formula is C22H25N3O4S. The monoisotopic (exact) mass is 427 g/mol. The average molecular weight is 428 g/mol. The number of hydrogen-bond donors (Lipinski definition) is 1. The third kappa shape index (κ3) is 6.00. The van der Waals surface area contributed by atoms with Crippen molar-refractivity contribution in [1.29, 1.82) is 0 Å². The maximum atomic E-state index is 12.1. The highest BCUT2D eigenvalue weighted by atomic mass is 32.2. The zero-order chi connectivity index (χ0) is 21.5. The van der Waals surface area contributed by atoms with Gasteiger partial charge in [-0.2, -0.15) is 0 Å². The topological polar surface area (TPSA) is 86.5 Å². The van der Waals surface area contributed by atoms with Gasteiger partial charge in [-0.3, -0.25) is 4.79 Å². The molecular weight excluding hydrogens is 402 g/mol. The lowest BCUT2D eigenvalue weighted by Crippen LogP contribution is -2.13. The van der Waals surface area contributed by atoms with Crippen molar-refractivity contribution in [3.05, 3.63) is 59.5 Å². The third-order valence-corrected chi connectivity index (χ3v) is 5.09. The van der Waals surface area contributed by atoms with Crippen LogP contribution in [0.25, 0.3) is 0 Å². The molecule has 0 saturated heterocycles. The number of nitrogens with one attached hydrogen (secondary N) is 1. The Balaban J connectivity index is 1.52. The van der Waals surface area contributed by atoms with Gasteiger partial charge in [-0.15, -0.1) is 10.2 Å². The fraction of sp³-hybridized carbons (Fsp3) is 0.318. The molecule has 1 aromatic heterocycles. The maximum Gasteiger partial charge on any atom is 0.277 e. The minimum absolute atomic E-state index is 0.148. The van der Waals surface area contributed by atoms with Crippen molar-refractivity contribution in [3.63, 3.8) is 0 Å². The number of amides is 1. The first kappa shape index (κ1) is 21.7. The molecule has 0 aliphatic rings. The van der Waals surface area contributed by atoms with Crippen molar-refractivity contribution >= 4 is 23.4 Å². The van der Waals surface area contributed by atoms with E-state index in [0.717, 1.165) is 16.9 Å². The number of carbonyl (C=O) groups is 1. The molecule has 3 aromatic rings. The van der Waals surface area contributed by atoms with Crippen molar-refractivity contribution < 1.29 is 18.7 Å². The number of anilines is 1. The van der Waals surface area contributed by atoms with Gasteiger partial charge in [-0.05, 0) is 42.2 Å². The summed E-state index contributed by atoms with van der Waals surface area (Å²) in [5.74, 6) is 2.17. The molecule has 8 heteroatoms. The van der Waals surface area contributed by atoms with E-state index in [9.17, 15) is 4.79 Å². The molecule has 0 atom stereocenters. The van der Waals surface area contributed by atoms with E-state index in [1.165, 1.54) is 11.8 Å². The van der Waals surface area contributed by atoms with E-state index in [0.29, 0.717) is 28.5 Å². The lowest BCUT2D eigenvalue weighted by Gasteiger charge is -2.13. The summed E-state index contributed by atoms with van der Waals surface area (Å²) in [4.78, 5) is 12.1. The number of nitrogens with zero attached hydrogens (tertiary/aromatic N) is 2. The molecule has 30 heavy (non-hydrogen) atoms. The summed E-state index contributed by atoms with van der Waals surface area (Å²) in [6.07, 6.45) is 0. The number of hydrogen-bond acceptors (Lipinski definition) is 7. The van der Waals surface area contributed by atoms with Gasteiger partial charge in [-0.25, -0.2) is 0 Å². The Labute approximate surface area is 180 Å². The Kier molecular flexibility index (Phi) is 7.35. The average Bonchev–Trinajstić information content (AvgIpc) is 3.18. The second-order valence-electron chi connectivity index (χ2n) is 7.02. The normalized spacial score (nSPS) is 10.8. The molecule has 2 aromatic carbocycles. The highest BCUT2D eigenvalue weighted by Crippen LogP contribution is 2.28. The van der Waals surface area contributed by atoms with Crippen molar-refractivity contribution in [2.45, 2.75) is 38.5 Å². The van der Waals surface area contributed by atoms with Crippen LogP contribution in [0.15, 0.2) is 52.1 Å². The molecule has 0 spiro atoms. The molecule has 0 radical (unpaired) electrons. The van der Waals surface area contributed by atoms with Gasteiger partial charge in [0.25, 0.3) is 11.1 Å². The number of methoxy groups -OCH3 is 1. The van der Waals surface area contributed by atoms with Crippen LogP contribution in [0.2, 0.25) is 0 Å². The van der Waals surface area contributed by atoms with E-state index in [-0.39, 0.29) is 18.3 Å². The van der Waals surface area contributed by atoms with Gasteiger partial charge in [0.05, 0.1) is 12.9 Å². The fourth-order valence-electron chi connectivity index (χ4n) is 2.76. The van der Waals surface area contributed by atoms with Crippen LogP contribution in [-0.2, 0) is 11.4 Å². The molecule has 158 valence electrons. The smallest absolute Gasteiger partial charge is 0.277 e. The van der Waals surface area contributed by atoms with Crippen LogP contribution in [0.5, 0.6) is 11.5 Å². The number of benzene rings is 2. The van der Waals surface area contributed by atoms with Crippen LogP contribution in [0.4, 0.5) is 5.69 Å². The lowest BCUT2D eigenvalue weighted by molar-refractivity contribution is -0.113. The summed E-state index contributed by atoms with van der Waals surface area (Å²) in [6, 6.07) is 13.3. The molecule has 3 rings (SSSR count). The molecule has 1 amide bonds. The van der Waals surface area contributed by atoms with E-state index in [2.05, 4.69) is 41.5 Å². The van der Waals surface area contributed by atoms with E-state index in [1.54, 1.807) is 19.2 Å². The van der Waals surface area contributed by atoms with Crippen molar-refractivity contribution in [2.75, 3.05) is 18.2 Å². The molecule has 7 nitrogen and oxygen atoms in total. The van der Waals surface area contributed by atoms with Crippen molar-refractivity contribution in [1.82, 2.24) is 10.2 Å². The predicted molar refractivity (Wildman–Crippen MR) is 116 cm³/mol. The van der Waals surface area contributed by atoms with E-state index < -0.39 is 0 Å². The van der Waals surface area contributed by atoms with Gasteiger partial charge in [-0.1, -0.05) is 43.8 Å². The van der Waals surface area contributed by atoms with Crippen LogP contribution in [-0.4, -0.2) is 29.0 Å². The summed E-state index contributed by atoms with van der Waals surface area (Å²) in [5, 5.41) is 11.1. The van der Waals surface area contributed by atoms with Crippen LogP contribution in [0.1, 0.15) is 36.8 Å². The number of thioether (sulfide) groups is 1. The molecule has 0 fully saturated rings. The van der Waals surface area contributed by atoms with E-state index in [4.69, 9.17) is 13.9 Å². The summed E-state index contributed by atoms with van der Waals surface area (Å²) >= 11 is 1.17. The number of aromatic nitrogens is 2. The molecule has 1 N–H and O–H groups in total. The second-order valence-corrected chi connectivity index (χ2v) is 7.94. The second kappa shape index (κ2) is 10.2. The van der Waals surface area contributed by atoms with E-state index in [1.807, 2.05) is 25.1 Å². The number of aryl methyl sites for hydroxylation is 1. The van der Waals surface area contributed by atoms with Gasteiger partial charge in [0.15, 0.2) is 6.61 Å². The molecule has 0 bridgehead atoms. The first-order valence-electron chi connectivity index (χ1n) is 9.57. The van der Waals surface area contributed by atoms with Crippen LogP contribution < -0.4 is 14.8 Å². The molecule has 0 saturated carbocycles. The van der Waals surface area contributed by atoms with Crippen molar-refractivity contribution in [2.24, 2.45) is 0 Å². The third-order valence-electron chi connectivity index (χ3n) is 4.27. The highest BCUT2D eigenvalue weighted by molar-refractivity contribution is 7.99. The fourth-order valence-corrected chi connectivity index (χ4v) is 3.34. The largest absolute Gasteiger partial charge is 0.497 e. The summed E-state index contributed by atoms with van der Waals surface area (Å²) in [7, 11) is 1.58. The summed E-state index contributed by atoms with van der Waals surface area (Å²) in [5.41, 5.74) is 2.92.